The van der Waals surface area contributed by atoms with Gasteiger partial charge < -0.3 is 4.74 Å². The van der Waals surface area contributed by atoms with E-state index in [1.165, 1.54) is 64.4 Å². The maximum Gasteiger partial charge on any atom is 0.287 e. The van der Waals surface area contributed by atoms with Gasteiger partial charge >= 0.3 is 0 Å². The van der Waals surface area contributed by atoms with E-state index < -0.39 is 0 Å². The minimum Gasteiger partial charge on any atom is -0.456 e. The van der Waals surface area contributed by atoms with Gasteiger partial charge in [0.05, 0.1) is 12.6 Å². The monoisotopic (exact) mass is 395 g/mol. The molecule has 1 fully saturated rings. The third kappa shape index (κ3) is 2.57. The summed E-state index contributed by atoms with van der Waals surface area (Å²) in [6.07, 6.45) is 8.54. The lowest BCUT2D eigenvalue weighted by molar-refractivity contribution is -0.662. The van der Waals surface area contributed by atoms with Crippen LogP contribution < -0.4 is 9.30 Å². The molecule has 30 heavy (non-hydrogen) atoms. The Labute approximate surface area is 177 Å². The number of nitrogens with zero attached hydrogens (tertiary/aromatic N) is 2. The number of fused-ring (bicyclic) bond motifs is 3. The number of ether oxygens (including phenoxy) is 1. The summed E-state index contributed by atoms with van der Waals surface area (Å²) >= 11 is 0. The molecule has 1 saturated carbocycles. The summed E-state index contributed by atoms with van der Waals surface area (Å²) in [5.74, 6) is 2.72. The third-order valence-corrected chi connectivity index (χ3v) is 7.18. The third-order valence-electron chi connectivity index (χ3n) is 7.18. The molecule has 150 valence electrons. The van der Waals surface area contributed by atoms with Crippen LogP contribution in [0.2, 0.25) is 0 Å². The Hall–Kier alpha value is -2.94. The Morgan fingerprint density at radius 1 is 1.03 bits per heavy atom. The zero-order valence-electron chi connectivity index (χ0n) is 18.0. The van der Waals surface area contributed by atoms with E-state index in [1.807, 2.05) is 6.33 Å². The van der Waals surface area contributed by atoms with Crippen molar-refractivity contribution in [2.45, 2.75) is 46.0 Å². The van der Waals surface area contributed by atoms with E-state index in [2.05, 4.69) is 61.9 Å². The average molecular weight is 396 g/mol. The molecule has 0 bridgehead atoms. The number of aromatic nitrogens is 2. The highest BCUT2D eigenvalue weighted by molar-refractivity contribution is 6.04. The molecule has 4 aromatic rings. The Morgan fingerprint density at radius 3 is 2.70 bits per heavy atom. The Balaban J connectivity index is 1.62. The van der Waals surface area contributed by atoms with Crippen LogP contribution in [0.5, 0.6) is 11.5 Å². The van der Waals surface area contributed by atoms with Gasteiger partial charge in [0.1, 0.15) is 16.9 Å². The lowest BCUT2D eigenvalue weighted by atomic mass is 9.90. The summed E-state index contributed by atoms with van der Waals surface area (Å²) in [4.78, 5) is 4.78. The van der Waals surface area contributed by atoms with Crippen LogP contribution >= 0.6 is 0 Å². The molecule has 1 aliphatic heterocycles. The topological polar surface area (TPSA) is 26.0 Å². The van der Waals surface area contributed by atoms with Gasteiger partial charge in [0.15, 0.2) is 11.2 Å². The van der Waals surface area contributed by atoms with Crippen molar-refractivity contribution in [1.82, 2.24) is 4.98 Å². The van der Waals surface area contributed by atoms with Crippen molar-refractivity contribution in [3.8, 4) is 22.8 Å². The number of benzene rings is 3. The standard InChI is InChI=1S/C27H27N2O/c1-16-7-6-10-20-17(2)25-24(14-21(16)20)30-23-13-19(11-18-8-4-5-9-18)12-22-26(23)27(25)29(3)15-28-22/h6-7,10,12-15,18H,4-5,8-9,11H2,1-3H3/q+1. The fourth-order valence-electron chi connectivity index (χ4n) is 5.64. The highest BCUT2D eigenvalue weighted by Gasteiger charge is 2.30. The fourth-order valence-corrected chi connectivity index (χ4v) is 5.64. The molecule has 2 heterocycles. The van der Waals surface area contributed by atoms with E-state index >= 15 is 0 Å². The molecule has 0 atom stereocenters. The van der Waals surface area contributed by atoms with Crippen molar-refractivity contribution in [2.24, 2.45) is 13.0 Å². The molecule has 3 aromatic carbocycles. The molecule has 6 rings (SSSR count). The first-order chi connectivity index (χ1) is 14.6. The van der Waals surface area contributed by atoms with Gasteiger partial charge in [0, 0.05) is 0 Å². The minimum atomic E-state index is 0.804. The second-order valence-corrected chi connectivity index (χ2v) is 9.19. The molecule has 0 unspecified atom stereocenters. The summed E-state index contributed by atoms with van der Waals surface area (Å²) in [6, 6.07) is 13.3. The molecule has 1 aliphatic carbocycles. The molecule has 0 amide bonds. The van der Waals surface area contributed by atoms with Crippen LogP contribution in [0.15, 0.2) is 42.7 Å². The molecule has 3 nitrogen and oxygen atoms in total. The van der Waals surface area contributed by atoms with E-state index in [0.717, 1.165) is 34.7 Å². The van der Waals surface area contributed by atoms with Crippen molar-refractivity contribution in [3.63, 3.8) is 0 Å². The van der Waals surface area contributed by atoms with Gasteiger partial charge in [0.25, 0.3) is 6.33 Å². The molecule has 2 aliphatic rings. The second kappa shape index (κ2) is 6.53. The lowest BCUT2D eigenvalue weighted by Gasteiger charge is -2.23. The zero-order valence-corrected chi connectivity index (χ0v) is 18.0. The first-order valence-corrected chi connectivity index (χ1v) is 11.1. The second-order valence-electron chi connectivity index (χ2n) is 9.19. The highest BCUT2D eigenvalue weighted by Crippen LogP contribution is 2.48. The average Bonchev–Trinajstić information content (AvgIpc) is 3.24. The fraction of sp³-hybridized carbons (Fsp3) is 0.333. The highest BCUT2D eigenvalue weighted by atomic mass is 16.5. The van der Waals surface area contributed by atoms with Crippen LogP contribution in [0.1, 0.15) is 42.4 Å². The summed E-state index contributed by atoms with van der Waals surface area (Å²) in [7, 11) is 2.09. The Bertz CT molecular complexity index is 1330. The molecular formula is C27H27N2O+. The van der Waals surface area contributed by atoms with E-state index in [0.29, 0.717) is 0 Å². The minimum absolute atomic E-state index is 0.804. The predicted molar refractivity (Wildman–Crippen MR) is 121 cm³/mol. The molecular weight excluding hydrogens is 368 g/mol. The number of hydrogen-bond donors (Lipinski definition) is 0. The van der Waals surface area contributed by atoms with Gasteiger partial charge in [-0.2, -0.15) is 0 Å². The molecule has 1 aromatic heterocycles. The van der Waals surface area contributed by atoms with Crippen LogP contribution in [-0.2, 0) is 13.5 Å². The van der Waals surface area contributed by atoms with Crippen molar-refractivity contribution in [1.29, 1.82) is 0 Å². The number of rotatable bonds is 2. The van der Waals surface area contributed by atoms with Gasteiger partial charge in [-0.05, 0) is 76.8 Å². The number of hydrogen-bond acceptors (Lipinski definition) is 2. The van der Waals surface area contributed by atoms with E-state index in [-0.39, 0.29) is 0 Å². The SMILES string of the molecule is Cc1cccc2c(C)c3c(cc12)Oc1cc(CC2CCCC2)cc2nc[n+](C)c-3c12. The van der Waals surface area contributed by atoms with Gasteiger partial charge in [-0.15, -0.1) is 0 Å². The normalized spacial score (nSPS) is 15.6. The van der Waals surface area contributed by atoms with Crippen molar-refractivity contribution >= 4 is 21.7 Å². The zero-order chi connectivity index (χ0) is 20.4. The van der Waals surface area contributed by atoms with Crippen molar-refractivity contribution in [2.75, 3.05) is 0 Å². The van der Waals surface area contributed by atoms with Gasteiger partial charge in [-0.25, -0.2) is 4.57 Å². The molecule has 0 spiro atoms. The van der Waals surface area contributed by atoms with Gasteiger partial charge in [0.2, 0.25) is 0 Å². The molecule has 0 saturated heterocycles. The van der Waals surface area contributed by atoms with Crippen molar-refractivity contribution < 1.29 is 9.30 Å². The van der Waals surface area contributed by atoms with E-state index in [4.69, 9.17) is 9.72 Å². The lowest BCUT2D eigenvalue weighted by Crippen LogP contribution is -2.33. The molecule has 0 N–H and O–H groups in total. The van der Waals surface area contributed by atoms with E-state index in [9.17, 15) is 0 Å². The van der Waals surface area contributed by atoms with Gasteiger partial charge in [-0.3, -0.25) is 0 Å². The smallest absolute Gasteiger partial charge is 0.287 e. The number of aryl methyl sites for hydroxylation is 3. The van der Waals surface area contributed by atoms with Crippen molar-refractivity contribution in [3.05, 3.63) is 59.4 Å². The molecule has 0 radical (unpaired) electrons. The van der Waals surface area contributed by atoms with Crippen LogP contribution in [0, 0.1) is 19.8 Å². The van der Waals surface area contributed by atoms with Crippen LogP contribution in [0.3, 0.4) is 0 Å². The largest absolute Gasteiger partial charge is 0.456 e. The Morgan fingerprint density at radius 2 is 1.87 bits per heavy atom. The van der Waals surface area contributed by atoms with Gasteiger partial charge in [-0.1, -0.05) is 43.9 Å². The molecule has 3 heteroatoms. The summed E-state index contributed by atoms with van der Waals surface area (Å²) in [5.41, 5.74) is 7.36. The Kier molecular flexibility index (Phi) is 3.89. The maximum atomic E-state index is 6.60. The first-order valence-electron chi connectivity index (χ1n) is 11.1. The summed E-state index contributed by atoms with van der Waals surface area (Å²) < 4.78 is 8.75. The first kappa shape index (κ1) is 17.9. The predicted octanol–water partition coefficient (Wildman–Crippen LogP) is 6.33. The quantitative estimate of drug-likeness (QED) is 0.326. The maximum absolute atomic E-state index is 6.60. The summed E-state index contributed by atoms with van der Waals surface area (Å²) in [6.45, 7) is 4.39. The van der Waals surface area contributed by atoms with Crippen LogP contribution in [-0.4, -0.2) is 4.98 Å². The van der Waals surface area contributed by atoms with E-state index in [1.54, 1.807) is 0 Å². The van der Waals surface area contributed by atoms with Crippen LogP contribution in [0.4, 0.5) is 0 Å². The van der Waals surface area contributed by atoms with Crippen LogP contribution in [0.25, 0.3) is 32.9 Å². The summed E-state index contributed by atoms with van der Waals surface area (Å²) in [5, 5.41) is 3.70.